The predicted octanol–water partition coefficient (Wildman–Crippen LogP) is 1.18. The molecule has 0 radical (unpaired) electrons. The predicted molar refractivity (Wildman–Crippen MR) is 53.1 cm³/mol. The molecule has 0 unspecified atom stereocenters. The maximum Gasteiger partial charge on any atom is 0.320 e. The van der Waals surface area contributed by atoms with E-state index >= 15 is 0 Å². The Balaban J connectivity index is 0. The van der Waals surface area contributed by atoms with Crippen LogP contribution in [0.25, 0.3) is 0 Å². The van der Waals surface area contributed by atoms with Crippen LogP contribution in [0.5, 0.6) is 0 Å². The van der Waals surface area contributed by atoms with Crippen molar-refractivity contribution in [3.63, 3.8) is 0 Å². The van der Waals surface area contributed by atoms with Gasteiger partial charge in [0.05, 0.1) is 5.88 Å². The van der Waals surface area contributed by atoms with Gasteiger partial charge in [0.15, 0.2) is 0 Å². The fraction of sp³-hybridized carbons (Fsp3) is 0.500. The molecule has 0 aliphatic rings. The second-order valence-corrected chi connectivity index (χ2v) is 3.19. The number of nitrogens with two attached hydrogens (primary N) is 1. The van der Waals surface area contributed by atoms with Crippen molar-refractivity contribution in [1.29, 1.82) is 0 Å². The number of aliphatic carboxylic acids is 1. The van der Waals surface area contributed by atoms with Crippen LogP contribution in [-0.2, 0) is 9.59 Å². The van der Waals surface area contributed by atoms with Gasteiger partial charge in [0.2, 0.25) is 0 Å². The van der Waals surface area contributed by atoms with Gasteiger partial charge < -0.3 is 10.8 Å². The van der Waals surface area contributed by atoms with E-state index in [1.165, 1.54) is 0 Å². The van der Waals surface area contributed by atoms with Gasteiger partial charge in [0.25, 0.3) is 0 Å². The molecule has 0 aromatic rings. The fourth-order valence-corrected chi connectivity index (χ4v) is 0.496. The molecular weight excluding hydrogens is 256 g/mol. The lowest BCUT2D eigenvalue weighted by atomic mass is 10.2. The van der Waals surface area contributed by atoms with Crippen LogP contribution in [0.3, 0.4) is 0 Å². The highest BCUT2D eigenvalue weighted by Gasteiger charge is 2.14. The molecule has 0 bridgehead atoms. The average Bonchev–Trinajstić information content (AvgIpc) is 2.02. The molecule has 3 N–H and O–H groups in total. The summed E-state index contributed by atoms with van der Waals surface area (Å²) in [5.41, 5.74) is 5.01. The van der Waals surface area contributed by atoms with E-state index in [1.54, 1.807) is 0 Å². The molecule has 5 nitrogen and oxygen atoms in total. The zero-order valence-electron chi connectivity index (χ0n) is 6.87. The summed E-state index contributed by atoms with van der Waals surface area (Å²) >= 11 is 13.9. The topological polar surface area (TPSA) is 97.5 Å². The molecule has 0 saturated heterocycles. The Kier molecular flexibility index (Phi) is 10.6. The summed E-state index contributed by atoms with van der Waals surface area (Å²) in [4.78, 5) is 29.5. The molecule has 0 heterocycles. The van der Waals surface area contributed by atoms with E-state index in [0.717, 1.165) is 0 Å². The second kappa shape index (κ2) is 9.21. The fourth-order valence-electron chi connectivity index (χ4n) is 0.387. The minimum absolute atomic E-state index is 0.180. The first kappa shape index (κ1) is 16.1. The van der Waals surface area contributed by atoms with Crippen molar-refractivity contribution in [2.75, 3.05) is 5.88 Å². The molecule has 0 aliphatic heterocycles. The minimum atomic E-state index is -1.18. The number of Topliss-reactive ketones (excluding diaryl/α,β-unsaturated/α-hetero) is 1. The van der Waals surface area contributed by atoms with Crippen molar-refractivity contribution < 1.29 is 19.5 Å². The number of carboxylic acids is 1. The van der Waals surface area contributed by atoms with Crippen molar-refractivity contribution in [2.24, 2.45) is 5.73 Å². The smallest absolute Gasteiger partial charge is 0.320 e. The Morgan fingerprint density at radius 3 is 1.86 bits per heavy atom. The highest BCUT2D eigenvalue weighted by molar-refractivity contribution is 6.93. The van der Waals surface area contributed by atoms with Gasteiger partial charge in [-0.1, -0.05) is 0 Å². The molecule has 8 heteroatoms. The number of hydrogen-bond donors (Lipinski definition) is 2. The molecule has 14 heavy (non-hydrogen) atoms. The van der Waals surface area contributed by atoms with Gasteiger partial charge in [-0.3, -0.25) is 14.4 Å². The number of ketones is 1. The Morgan fingerprint density at radius 1 is 1.29 bits per heavy atom. The number of rotatable bonds is 4. The molecule has 0 fully saturated rings. The molecular formula is C6H8Cl3NO4. The van der Waals surface area contributed by atoms with Gasteiger partial charge in [0.1, 0.15) is 11.8 Å². The normalized spacial score (nSPS) is 10.9. The van der Waals surface area contributed by atoms with Crippen LogP contribution in [0.4, 0.5) is 4.79 Å². The highest BCUT2D eigenvalue weighted by atomic mass is 35.5. The number of hydrogen-bond acceptors (Lipinski definition) is 4. The van der Waals surface area contributed by atoms with Crippen molar-refractivity contribution in [2.45, 2.75) is 12.5 Å². The quantitative estimate of drug-likeness (QED) is 0.587. The summed E-state index contributed by atoms with van der Waals surface area (Å²) in [6.07, 6.45) is -0.196. The lowest BCUT2D eigenvalue weighted by Crippen LogP contribution is -2.32. The first-order valence-corrected chi connectivity index (χ1v) is 4.51. The summed E-state index contributed by atoms with van der Waals surface area (Å²) < 4.78 is -0.889. The molecule has 0 aromatic carbocycles. The molecule has 0 amide bonds. The number of carboxylic acid groups (broad SMARTS) is 1. The van der Waals surface area contributed by atoms with Crippen molar-refractivity contribution >= 4 is 51.3 Å². The Morgan fingerprint density at radius 2 is 1.64 bits per heavy atom. The van der Waals surface area contributed by atoms with E-state index in [2.05, 4.69) is 23.2 Å². The zero-order valence-corrected chi connectivity index (χ0v) is 9.14. The van der Waals surface area contributed by atoms with Crippen LogP contribution < -0.4 is 5.73 Å². The average molecular weight is 264 g/mol. The molecule has 0 rings (SSSR count). The summed E-state index contributed by atoms with van der Waals surface area (Å²) in [7, 11) is 0. The minimum Gasteiger partial charge on any atom is -0.480 e. The van der Waals surface area contributed by atoms with E-state index < -0.39 is 16.7 Å². The van der Waals surface area contributed by atoms with E-state index in [9.17, 15) is 9.59 Å². The number of halogens is 3. The standard InChI is InChI=1S/C5H8ClNO3.CCl2O/c6-2-3(8)1-4(7)5(9)10;2-1(3)4/h4H,1-2,7H2,(H,9,10);/t4-;/m0./s1. The van der Waals surface area contributed by atoms with E-state index in [-0.39, 0.29) is 18.1 Å². The maximum absolute atomic E-state index is 10.5. The maximum atomic E-state index is 10.5. The lowest BCUT2D eigenvalue weighted by Gasteiger charge is -2.01. The summed E-state index contributed by atoms with van der Waals surface area (Å²) in [6.45, 7) is 0. The zero-order chi connectivity index (χ0) is 11.7. The van der Waals surface area contributed by atoms with Crippen molar-refractivity contribution in [3.05, 3.63) is 0 Å². The monoisotopic (exact) mass is 263 g/mol. The van der Waals surface area contributed by atoms with Gasteiger partial charge in [0, 0.05) is 6.42 Å². The Labute approximate surface area is 95.1 Å². The third-order valence-corrected chi connectivity index (χ3v) is 1.21. The van der Waals surface area contributed by atoms with Gasteiger partial charge in [-0.05, 0) is 23.2 Å². The van der Waals surface area contributed by atoms with Crippen LogP contribution in [-0.4, -0.2) is 33.5 Å². The van der Waals surface area contributed by atoms with Gasteiger partial charge >= 0.3 is 10.7 Å². The summed E-state index contributed by atoms with van der Waals surface area (Å²) in [5, 5.41) is 8.21. The molecule has 0 spiro atoms. The molecule has 0 aliphatic carbocycles. The Bertz CT molecular complexity index is 217. The summed E-state index contributed by atoms with van der Waals surface area (Å²) in [6, 6.07) is -1.12. The SMILES string of the molecule is N[C@@H](CC(=O)CCl)C(=O)O.O=C(Cl)Cl. The number of alkyl halides is 1. The van der Waals surface area contributed by atoms with Gasteiger partial charge in [-0.25, -0.2) is 0 Å². The van der Waals surface area contributed by atoms with E-state index in [0.29, 0.717) is 0 Å². The van der Waals surface area contributed by atoms with E-state index in [4.69, 9.17) is 27.2 Å². The first-order chi connectivity index (χ1) is 6.31. The molecule has 0 aromatic heterocycles. The lowest BCUT2D eigenvalue weighted by molar-refractivity contribution is -0.140. The van der Waals surface area contributed by atoms with Crippen LogP contribution in [0, 0.1) is 0 Å². The number of carbonyl (C=O) groups excluding carboxylic acids is 2. The first-order valence-electron chi connectivity index (χ1n) is 3.22. The highest BCUT2D eigenvalue weighted by Crippen LogP contribution is 1.91. The third-order valence-electron chi connectivity index (χ3n) is 0.914. The van der Waals surface area contributed by atoms with Gasteiger partial charge in [-0.2, -0.15) is 0 Å². The second-order valence-electron chi connectivity index (χ2n) is 2.05. The van der Waals surface area contributed by atoms with Crippen molar-refractivity contribution in [3.8, 4) is 0 Å². The van der Waals surface area contributed by atoms with Crippen LogP contribution in [0.15, 0.2) is 0 Å². The van der Waals surface area contributed by atoms with Crippen LogP contribution in [0.2, 0.25) is 0 Å². The van der Waals surface area contributed by atoms with Gasteiger partial charge in [-0.15, -0.1) is 11.6 Å². The summed E-state index contributed by atoms with van der Waals surface area (Å²) in [5.74, 6) is -1.71. The Hall–Kier alpha value is -0.360. The number of carbonyl (C=O) groups is 3. The molecule has 0 saturated carbocycles. The third kappa shape index (κ3) is 14.2. The van der Waals surface area contributed by atoms with Crippen LogP contribution in [0.1, 0.15) is 6.42 Å². The largest absolute Gasteiger partial charge is 0.480 e. The molecule has 1 atom stereocenters. The van der Waals surface area contributed by atoms with Crippen molar-refractivity contribution in [1.82, 2.24) is 0 Å². The van der Waals surface area contributed by atoms with Crippen LogP contribution >= 0.6 is 34.8 Å². The molecule has 82 valence electrons. The van der Waals surface area contributed by atoms with E-state index in [1.807, 2.05) is 0 Å².